The van der Waals surface area contributed by atoms with Crippen LogP contribution in [0.25, 0.3) is 5.57 Å². The number of carbonyl (C=O) groups excluding carboxylic acids is 2. The molecule has 2 aliphatic carbocycles. The summed E-state index contributed by atoms with van der Waals surface area (Å²) in [6, 6.07) is 4.20. The SMILES string of the molecule is CCC(=O)[C@@]1(C)C[C@@H](OC(C)=O)CC[C@]1(C)C(C)(C)CC[C@]1(C)C(c2cccnc2)=CCC1(C)C. The minimum atomic E-state index is -0.530. The number of Topliss-reactive ketones (excluding diaryl/α,β-unsaturated/α-hetero) is 1. The molecule has 0 aromatic carbocycles. The van der Waals surface area contributed by atoms with E-state index >= 15 is 0 Å². The van der Waals surface area contributed by atoms with Gasteiger partial charge in [0.05, 0.1) is 0 Å². The Bertz CT molecular complexity index is 978. The van der Waals surface area contributed by atoms with Crippen molar-refractivity contribution < 1.29 is 14.3 Å². The second kappa shape index (κ2) is 9.48. The highest BCUT2D eigenvalue weighted by atomic mass is 16.5. The molecular formula is C31H47NO3. The molecule has 1 aromatic rings. The van der Waals surface area contributed by atoms with Gasteiger partial charge in [0, 0.05) is 31.2 Å². The highest BCUT2D eigenvalue weighted by Gasteiger charge is 2.60. The minimum absolute atomic E-state index is 0.0176. The second-order valence-corrected chi connectivity index (χ2v) is 13.1. The van der Waals surface area contributed by atoms with Crippen LogP contribution < -0.4 is 0 Å². The third kappa shape index (κ3) is 4.62. The molecule has 0 amide bonds. The van der Waals surface area contributed by atoms with E-state index in [-0.39, 0.29) is 39.5 Å². The van der Waals surface area contributed by atoms with Gasteiger partial charge in [-0.3, -0.25) is 14.6 Å². The van der Waals surface area contributed by atoms with Crippen LogP contribution in [0.1, 0.15) is 113 Å². The molecule has 4 nitrogen and oxygen atoms in total. The van der Waals surface area contributed by atoms with Gasteiger partial charge in [-0.05, 0) is 77.4 Å². The van der Waals surface area contributed by atoms with Crippen LogP contribution in [0.15, 0.2) is 30.6 Å². The fourth-order valence-electron chi connectivity index (χ4n) is 7.18. The fraction of sp³-hybridized carbons (Fsp3) is 0.710. The number of esters is 1. The molecule has 0 spiro atoms. The largest absolute Gasteiger partial charge is 0.463 e. The molecule has 1 aromatic heterocycles. The Morgan fingerprint density at radius 3 is 2.43 bits per heavy atom. The molecule has 0 aliphatic heterocycles. The van der Waals surface area contributed by atoms with Gasteiger partial charge in [-0.2, -0.15) is 0 Å². The highest BCUT2D eigenvalue weighted by Crippen LogP contribution is 2.65. The van der Waals surface area contributed by atoms with Crippen LogP contribution >= 0.6 is 0 Å². The number of ketones is 1. The van der Waals surface area contributed by atoms with Crippen LogP contribution in [0, 0.1) is 27.1 Å². The predicted octanol–water partition coefficient (Wildman–Crippen LogP) is 7.81. The van der Waals surface area contributed by atoms with Crippen LogP contribution in [0.4, 0.5) is 0 Å². The average molecular weight is 482 g/mol. The Kier molecular flexibility index (Phi) is 7.48. The van der Waals surface area contributed by atoms with E-state index < -0.39 is 5.41 Å². The van der Waals surface area contributed by atoms with Gasteiger partial charge < -0.3 is 4.74 Å². The monoisotopic (exact) mass is 481 g/mol. The van der Waals surface area contributed by atoms with E-state index in [4.69, 9.17) is 4.74 Å². The van der Waals surface area contributed by atoms with Crippen LogP contribution in [-0.2, 0) is 14.3 Å². The molecule has 0 bridgehead atoms. The quantitative estimate of drug-likeness (QED) is 0.355. The van der Waals surface area contributed by atoms with Crippen LogP contribution in [0.5, 0.6) is 0 Å². The Morgan fingerprint density at radius 2 is 1.86 bits per heavy atom. The van der Waals surface area contributed by atoms with Gasteiger partial charge in [0.2, 0.25) is 0 Å². The first-order valence-electron chi connectivity index (χ1n) is 13.5. The standard InChI is InChI=1S/C31H47NO3/c1-10-26(34)30(8)20-24(35-22(2)33)13-16-31(30,9)28(5,6)17-18-29(7)25(14-15-27(29,3)4)23-12-11-19-32-21-23/h11-12,14,19,21,24H,10,13,15-18,20H2,1-9H3/t24-,29+,30+,31+/m0/s1. The summed E-state index contributed by atoms with van der Waals surface area (Å²) >= 11 is 0. The van der Waals surface area contributed by atoms with E-state index in [1.54, 1.807) is 0 Å². The second-order valence-electron chi connectivity index (χ2n) is 13.1. The summed E-state index contributed by atoms with van der Waals surface area (Å²) in [5.74, 6) is 0.0311. The number of hydrogen-bond acceptors (Lipinski definition) is 4. The van der Waals surface area contributed by atoms with Gasteiger partial charge in [0.1, 0.15) is 11.9 Å². The van der Waals surface area contributed by atoms with Crippen molar-refractivity contribution in [1.82, 2.24) is 4.98 Å². The van der Waals surface area contributed by atoms with Gasteiger partial charge in [-0.15, -0.1) is 0 Å². The minimum Gasteiger partial charge on any atom is -0.463 e. The first-order chi connectivity index (χ1) is 16.1. The third-order valence-corrected chi connectivity index (χ3v) is 10.7. The summed E-state index contributed by atoms with van der Waals surface area (Å²) in [5.41, 5.74) is 1.99. The lowest BCUT2D eigenvalue weighted by Gasteiger charge is -2.59. The van der Waals surface area contributed by atoms with E-state index in [0.717, 1.165) is 32.1 Å². The molecule has 2 aliphatic rings. The van der Waals surface area contributed by atoms with Gasteiger partial charge in [0.15, 0.2) is 0 Å². The normalized spacial score (nSPS) is 32.7. The van der Waals surface area contributed by atoms with Crippen molar-refractivity contribution in [3.8, 4) is 0 Å². The zero-order chi connectivity index (χ0) is 26.3. The van der Waals surface area contributed by atoms with E-state index in [1.807, 2.05) is 25.4 Å². The first kappa shape index (κ1) is 27.6. The van der Waals surface area contributed by atoms with Crippen LogP contribution in [0.3, 0.4) is 0 Å². The molecule has 4 heteroatoms. The van der Waals surface area contributed by atoms with Crippen molar-refractivity contribution in [2.24, 2.45) is 27.1 Å². The van der Waals surface area contributed by atoms with Crippen molar-refractivity contribution >= 4 is 17.3 Å². The predicted molar refractivity (Wildman–Crippen MR) is 143 cm³/mol. The van der Waals surface area contributed by atoms with E-state index in [0.29, 0.717) is 12.8 Å². The molecule has 1 heterocycles. The Balaban J connectivity index is 1.92. The summed E-state index contributed by atoms with van der Waals surface area (Å²) in [7, 11) is 0. The maximum atomic E-state index is 13.5. The molecule has 0 N–H and O–H groups in total. The van der Waals surface area contributed by atoms with Crippen molar-refractivity contribution in [1.29, 1.82) is 0 Å². The number of allylic oxidation sites excluding steroid dienone is 2. The van der Waals surface area contributed by atoms with Gasteiger partial charge in [-0.25, -0.2) is 0 Å². The number of hydrogen-bond donors (Lipinski definition) is 0. The Hall–Kier alpha value is -1.97. The summed E-state index contributed by atoms with van der Waals surface area (Å²) in [6.07, 6.45) is 12.0. The number of carbonyl (C=O) groups is 2. The first-order valence-corrected chi connectivity index (χ1v) is 13.5. The maximum absolute atomic E-state index is 13.5. The molecule has 0 saturated heterocycles. The number of aromatic nitrogens is 1. The third-order valence-electron chi connectivity index (χ3n) is 10.7. The molecule has 0 radical (unpaired) electrons. The molecule has 35 heavy (non-hydrogen) atoms. The zero-order valence-corrected chi connectivity index (χ0v) is 23.6. The summed E-state index contributed by atoms with van der Waals surface area (Å²) in [4.78, 5) is 29.6. The van der Waals surface area contributed by atoms with E-state index in [2.05, 4.69) is 65.6 Å². The van der Waals surface area contributed by atoms with Crippen LogP contribution in [0.2, 0.25) is 0 Å². The van der Waals surface area contributed by atoms with Gasteiger partial charge >= 0.3 is 5.97 Å². The van der Waals surface area contributed by atoms with Gasteiger partial charge in [0.25, 0.3) is 0 Å². The van der Waals surface area contributed by atoms with Crippen molar-refractivity contribution in [2.75, 3.05) is 0 Å². The van der Waals surface area contributed by atoms with Crippen molar-refractivity contribution in [3.05, 3.63) is 36.2 Å². The Morgan fingerprint density at radius 1 is 1.17 bits per heavy atom. The zero-order valence-electron chi connectivity index (χ0n) is 23.6. The molecule has 1 fully saturated rings. The van der Waals surface area contributed by atoms with E-state index in [1.165, 1.54) is 18.1 Å². The van der Waals surface area contributed by atoms with Crippen molar-refractivity contribution in [3.63, 3.8) is 0 Å². The summed E-state index contributed by atoms with van der Waals surface area (Å²) < 4.78 is 5.63. The molecule has 0 unspecified atom stereocenters. The molecule has 3 rings (SSSR count). The molecule has 1 saturated carbocycles. The number of ether oxygens (including phenoxy) is 1. The lowest BCUT2D eigenvalue weighted by molar-refractivity contribution is -0.172. The van der Waals surface area contributed by atoms with E-state index in [9.17, 15) is 9.59 Å². The fourth-order valence-corrected chi connectivity index (χ4v) is 7.18. The summed E-state index contributed by atoms with van der Waals surface area (Å²) in [5, 5.41) is 0. The van der Waals surface area contributed by atoms with Crippen molar-refractivity contribution in [2.45, 2.75) is 113 Å². The highest BCUT2D eigenvalue weighted by molar-refractivity contribution is 5.85. The number of nitrogens with zero attached hydrogens (tertiary/aromatic N) is 1. The topological polar surface area (TPSA) is 56.3 Å². The lowest BCUT2D eigenvalue weighted by atomic mass is 9.44. The number of pyridine rings is 1. The van der Waals surface area contributed by atoms with Gasteiger partial charge in [-0.1, -0.05) is 67.5 Å². The molecular weight excluding hydrogens is 434 g/mol. The maximum Gasteiger partial charge on any atom is 0.302 e. The Labute approximate surface area is 213 Å². The van der Waals surface area contributed by atoms with Crippen LogP contribution in [-0.4, -0.2) is 22.8 Å². The molecule has 4 atom stereocenters. The number of rotatable bonds is 8. The summed E-state index contributed by atoms with van der Waals surface area (Å²) in [6.45, 7) is 19.8. The average Bonchev–Trinajstić information content (AvgIpc) is 3.03. The lowest BCUT2D eigenvalue weighted by Crippen LogP contribution is -2.57. The molecule has 194 valence electrons. The smallest absolute Gasteiger partial charge is 0.302 e.